The number of ether oxygens (including phenoxy) is 6. The molecule has 23 heteroatoms. The normalized spacial score (nSPS) is 27.0. The molecule has 3 saturated heterocycles. The molecule has 0 aromatic carbocycles. The minimum atomic E-state index is -3.08. The number of carboxylic acids is 1. The molecule has 0 aromatic rings. The van der Waals surface area contributed by atoms with Crippen molar-refractivity contribution >= 4 is 17.8 Å². The van der Waals surface area contributed by atoms with Crippen LogP contribution in [0.1, 0.15) is 310 Å². The molecule has 18 atom stereocenters. The summed E-state index contributed by atoms with van der Waals surface area (Å²) >= 11 is 0. The van der Waals surface area contributed by atoms with Gasteiger partial charge in [0, 0.05) is 19.8 Å². The quantitative estimate of drug-likeness (QED) is 0.0199. The molecule has 0 radical (unpaired) electrons. The van der Waals surface area contributed by atoms with Gasteiger partial charge in [-0.15, -0.1) is 0 Å². The summed E-state index contributed by atoms with van der Waals surface area (Å²) in [5.74, 6) is -6.11. The van der Waals surface area contributed by atoms with Gasteiger partial charge in [0.2, 0.25) is 11.8 Å². The van der Waals surface area contributed by atoms with Crippen LogP contribution in [0.2, 0.25) is 0 Å². The molecule has 586 valence electrons. The van der Waals surface area contributed by atoms with Crippen molar-refractivity contribution in [3.8, 4) is 0 Å². The van der Waals surface area contributed by atoms with Crippen molar-refractivity contribution in [3.63, 3.8) is 0 Å². The van der Waals surface area contributed by atoms with E-state index in [1.807, 2.05) is 0 Å². The first-order valence-corrected chi connectivity index (χ1v) is 39.7. The van der Waals surface area contributed by atoms with Gasteiger partial charge in [0.15, 0.2) is 12.6 Å². The molecular formula is C77H142N2O21. The number of rotatable bonds is 62. The molecule has 0 aromatic heterocycles. The van der Waals surface area contributed by atoms with Crippen molar-refractivity contribution in [2.75, 3.05) is 26.4 Å². The van der Waals surface area contributed by atoms with Gasteiger partial charge in [-0.1, -0.05) is 269 Å². The van der Waals surface area contributed by atoms with Crippen molar-refractivity contribution in [1.82, 2.24) is 10.6 Å². The number of carbonyl (C=O) groups excluding carboxylic acids is 2. The molecule has 14 N–H and O–H groups in total. The topological polar surface area (TPSA) is 373 Å². The number of nitrogens with one attached hydrogen (secondary N) is 2. The maximum atomic E-state index is 13.5. The maximum Gasteiger partial charge on any atom is 0.364 e. The summed E-state index contributed by atoms with van der Waals surface area (Å²) in [6, 6.07) is -2.54. The van der Waals surface area contributed by atoms with Gasteiger partial charge in [0.1, 0.15) is 67.1 Å². The van der Waals surface area contributed by atoms with Crippen LogP contribution in [0.3, 0.4) is 0 Å². The fraction of sp³-hybridized carbons (Fsp3) is 0.909. The number of carboxylic acid groups (broad SMARTS) is 1. The van der Waals surface area contributed by atoms with E-state index in [-0.39, 0.29) is 18.9 Å². The van der Waals surface area contributed by atoms with Gasteiger partial charge in [0.05, 0.1) is 50.7 Å². The van der Waals surface area contributed by atoms with Gasteiger partial charge in [-0.25, -0.2) is 4.79 Å². The number of hydrogen-bond acceptors (Lipinski definition) is 20. The number of aliphatic carboxylic acids is 1. The molecule has 100 heavy (non-hydrogen) atoms. The monoisotopic (exact) mass is 1430 g/mol. The molecular weight excluding hydrogens is 1290 g/mol. The number of amides is 2. The zero-order chi connectivity index (χ0) is 73.2. The maximum absolute atomic E-state index is 13.5. The number of allylic oxidation sites excluding steroid dienone is 4. The Balaban J connectivity index is 1.53. The highest BCUT2D eigenvalue weighted by Gasteiger charge is 2.60. The second-order valence-electron chi connectivity index (χ2n) is 28.9. The summed E-state index contributed by atoms with van der Waals surface area (Å²) in [5, 5.41) is 137. The zero-order valence-electron chi connectivity index (χ0n) is 61.8. The Hall–Kier alpha value is -2.79. The Labute approximate surface area is 600 Å². The van der Waals surface area contributed by atoms with Gasteiger partial charge in [-0.05, 0) is 44.9 Å². The summed E-state index contributed by atoms with van der Waals surface area (Å²) < 4.78 is 35.0. The summed E-state index contributed by atoms with van der Waals surface area (Å²) in [6.07, 6.45) is 31.6. The van der Waals surface area contributed by atoms with E-state index in [0.29, 0.717) is 19.3 Å². The highest BCUT2D eigenvalue weighted by Crippen LogP contribution is 2.39. The van der Waals surface area contributed by atoms with Crippen LogP contribution in [-0.2, 0) is 42.8 Å². The van der Waals surface area contributed by atoms with E-state index in [9.17, 15) is 75.7 Å². The van der Waals surface area contributed by atoms with Crippen molar-refractivity contribution in [2.45, 2.75) is 420 Å². The Kier molecular flexibility index (Phi) is 51.7. The molecule has 3 aliphatic rings. The summed E-state index contributed by atoms with van der Waals surface area (Å²) in [4.78, 5) is 38.7. The van der Waals surface area contributed by atoms with Crippen molar-refractivity contribution < 1.29 is 104 Å². The second-order valence-corrected chi connectivity index (χ2v) is 28.9. The van der Waals surface area contributed by atoms with E-state index in [2.05, 4.69) is 48.8 Å². The minimum absolute atomic E-state index is 0.215. The van der Waals surface area contributed by atoms with Gasteiger partial charge in [-0.2, -0.15) is 0 Å². The van der Waals surface area contributed by atoms with Crippen LogP contribution in [-0.4, -0.2) is 215 Å². The molecule has 0 saturated carbocycles. The van der Waals surface area contributed by atoms with Crippen LogP contribution in [0.25, 0.3) is 0 Å². The highest BCUT2D eigenvalue weighted by molar-refractivity contribution is 5.77. The lowest BCUT2D eigenvalue weighted by Crippen LogP contribution is -2.70. The number of aliphatic hydroxyl groups is 11. The average Bonchev–Trinajstić information content (AvgIpc) is 0.755. The summed E-state index contributed by atoms with van der Waals surface area (Å²) in [7, 11) is 0. The van der Waals surface area contributed by atoms with E-state index >= 15 is 0 Å². The minimum Gasteiger partial charge on any atom is -0.477 e. The van der Waals surface area contributed by atoms with Gasteiger partial charge < -0.3 is 100 Å². The molecule has 23 nitrogen and oxygen atoms in total. The number of carbonyl (C=O) groups is 3. The first-order chi connectivity index (χ1) is 48.4. The molecule has 3 aliphatic heterocycles. The fourth-order valence-corrected chi connectivity index (χ4v) is 13.9. The van der Waals surface area contributed by atoms with Crippen LogP contribution < -0.4 is 10.6 Å². The molecule has 0 aliphatic carbocycles. The molecule has 0 spiro atoms. The van der Waals surface area contributed by atoms with Crippen LogP contribution in [0.4, 0.5) is 0 Å². The smallest absolute Gasteiger partial charge is 0.364 e. The standard InChI is InChI=1S/C77H142N2O21/c1-4-6-8-10-12-14-16-18-20-22-24-26-28-30-32-34-36-38-40-42-44-46-48-50-59(84)58(79-64(87)51-49-47-45-43-41-39-37-35-33-31-29-27-25-23-21-19-17-15-13-11-9-7-5-2)56-95-74-69(91)68(90)71(63(55-82)97-74)98-75-70(92)73(67(89)62(54-81)96-75)100-77(76(93)94)52-60(85)65(78-57(3)83)72(99-77)66(88)61(86)53-80/h25,27,31,33,58-63,65-75,80-82,84-86,88-92H,4-24,26,28-30,32,34-56H2,1-3H3,(H,78,83)(H,79,87)(H,93,94)/b27-25-,33-31-. The van der Waals surface area contributed by atoms with E-state index < -0.39 is 148 Å². The van der Waals surface area contributed by atoms with Crippen molar-refractivity contribution in [3.05, 3.63) is 24.3 Å². The zero-order valence-corrected chi connectivity index (χ0v) is 61.8. The molecule has 3 heterocycles. The summed E-state index contributed by atoms with van der Waals surface area (Å²) in [5.41, 5.74) is 0. The summed E-state index contributed by atoms with van der Waals surface area (Å²) in [6.45, 7) is 2.24. The fourth-order valence-electron chi connectivity index (χ4n) is 13.9. The van der Waals surface area contributed by atoms with E-state index in [1.54, 1.807) is 0 Å². The third-order valence-corrected chi connectivity index (χ3v) is 20.2. The van der Waals surface area contributed by atoms with Crippen LogP contribution in [0.5, 0.6) is 0 Å². The third-order valence-electron chi connectivity index (χ3n) is 20.2. The van der Waals surface area contributed by atoms with Crippen LogP contribution >= 0.6 is 0 Å². The number of aliphatic hydroxyl groups excluding tert-OH is 11. The Bertz CT molecular complexity index is 2100. The molecule has 18 unspecified atom stereocenters. The lowest BCUT2D eigenvalue weighted by atomic mass is 9.88. The van der Waals surface area contributed by atoms with Crippen LogP contribution in [0, 0.1) is 0 Å². The Morgan fingerprint density at radius 2 is 0.960 bits per heavy atom. The van der Waals surface area contributed by atoms with Crippen LogP contribution in [0.15, 0.2) is 24.3 Å². The lowest BCUT2D eigenvalue weighted by Gasteiger charge is -2.50. The number of hydrogen-bond donors (Lipinski definition) is 14. The van der Waals surface area contributed by atoms with Gasteiger partial charge in [0.25, 0.3) is 5.79 Å². The van der Waals surface area contributed by atoms with Crippen molar-refractivity contribution in [1.29, 1.82) is 0 Å². The first-order valence-electron chi connectivity index (χ1n) is 39.7. The first kappa shape index (κ1) is 91.4. The van der Waals surface area contributed by atoms with Gasteiger partial charge >= 0.3 is 5.97 Å². The Morgan fingerprint density at radius 3 is 1.40 bits per heavy atom. The van der Waals surface area contributed by atoms with Crippen molar-refractivity contribution in [2.24, 2.45) is 0 Å². The predicted octanol–water partition coefficient (Wildman–Crippen LogP) is 9.96. The molecule has 3 fully saturated rings. The highest BCUT2D eigenvalue weighted by atomic mass is 16.8. The third kappa shape index (κ3) is 37.0. The Morgan fingerprint density at radius 1 is 0.520 bits per heavy atom. The molecule has 0 bridgehead atoms. The van der Waals surface area contributed by atoms with E-state index in [0.717, 1.165) is 90.4 Å². The lowest BCUT2D eigenvalue weighted by molar-refractivity contribution is -0.386. The van der Waals surface area contributed by atoms with Gasteiger partial charge in [-0.3, -0.25) is 9.59 Å². The largest absolute Gasteiger partial charge is 0.477 e. The molecule has 3 rings (SSSR count). The second kappa shape index (κ2) is 56.5. The van der Waals surface area contributed by atoms with E-state index in [4.69, 9.17) is 28.4 Å². The molecule has 2 amide bonds. The average molecular weight is 1430 g/mol. The van der Waals surface area contributed by atoms with E-state index in [1.165, 1.54) is 173 Å². The SMILES string of the molecule is CCCCCCCCCCC/C=C\C/C=C\CCCCCCCCCC(=O)NC(COC1OC(CO)C(OC2OC(CO)C(O)C(OC3(C(=O)O)CC(O)C(NC(C)=O)C(C(O)C(O)CO)O3)C2O)C(O)C1O)C(O)CCCCCCCCCCCCCCCCCCCCCCCCC. The predicted molar refractivity (Wildman–Crippen MR) is 385 cm³/mol. The number of unbranched alkanes of at least 4 members (excludes halogenated alkanes) is 38.